The highest BCUT2D eigenvalue weighted by molar-refractivity contribution is 5.90. The van der Waals surface area contributed by atoms with Gasteiger partial charge in [-0.25, -0.2) is 23.2 Å². The van der Waals surface area contributed by atoms with E-state index in [1.165, 1.54) is 27.8 Å². The summed E-state index contributed by atoms with van der Waals surface area (Å²) in [6.07, 6.45) is 2.84. The number of carbonyl (C=O) groups is 1. The van der Waals surface area contributed by atoms with Crippen LogP contribution in [0.25, 0.3) is 16.7 Å². The van der Waals surface area contributed by atoms with Crippen LogP contribution in [0.4, 0.5) is 19.3 Å². The van der Waals surface area contributed by atoms with Crippen LogP contribution in [0.1, 0.15) is 32.8 Å². The summed E-state index contributed by atoms with van der Waals surface area (Å²) in [5, 5.41) is 7.87. The van der Waals surface area contributed by atoms with Crippen molar-refractivity contribution in [2.45, 2.75) is 38.8 Å². The lowest BCUT2D eigenvalue weighted by Gasteiger charge is -2.17. The smallest absolute Gasteiger partial charge is 0.321 e. The molecule has 2 aromatic heterocycles. The van der Waals surface area contributed by atoms with E-state index in [-0.39, 0.29) is 17.6 Å². The van der Waals surface area contributed by atoms with E-state index in [1.54, 1.807) is 12.4 Å². The highest BCUT2D eigenvalue weighted by Gasteiger charge is 2.26. The highest BCUT2D eigenvalue weighted by Crippen LogP contribution is 2.26. The van der Waals surface area contributed by atoms with Gasteiger partial charge in [-0.1, -0.05) is 20.8 Å². The summed E-state index contributed by atoms with van der Waals surface area (Å²) >= 11 is 0. The third kappa shape index (κ3) is 3.92. The first-order valence-electron chi connectivity index (χ1n) is 9.56. The van der Waals surface area contributed by atoms with Crippen molar-refractivity contribution >= 4 is 22.8 Å². The zero-order valence-electron chi connectivity index (χ0n) is 16.6. The molecule has 0 radical (unpaired) electrons. The number of benzene rings is 1. The van der Waals surface area contributed by atoms with Crippen LogP contribution in [0.15, 0.2) is 36.7 Å². The molecule has 4 rings (SSSR count). The largest absolute Gasteiger partial charge is 0.322 e. The second kappa shape index (κ2) is 7.09. The molecule has 152 valence electrons. The Morgan fingerprint density at radius 1 is 1.28 bits per heavy atom. The first-order chi connectivity index (χ1) is 13.7. The van der Waals surface area contributed by atoms with E-state index >= 15 is 0 Å². The van der Waals surface area contributed by atoms with Gasteiger partial charge >= 0.3 is 6.03 Å². The fourth-order valence-corrected chi connectivity index (χ4v) is 3.32. The van der Waals surface area contributed by atoms with Crippen LogP contribution in [0.5, 0.6) is 0 Å². The van der Waals surface area contributed by atoms with E-state index < -0.39 is 18.0 Å². The van der Waals surface area contributed by atoms with Gasteiger partial charge < -0.3 is 10.2 Å². The van der Waals surface area contributed by atoms with Gasteiger partial charge in [0.25, 0.3) is 0 Å². The number of nitrogens with zero attached hydrogens (tertiary/aromatic N) is 4. The monoisotopic (exact) mass is 399 g/mol. The number of halogens is 2. The van der Waals surface area contributed by atoms with Crippen LogP contribution in [0.3, 0.4) is 0 Å². The van der Waals surface area contributed by atoms with Crippen molar-refractivity contribution in [3.8, 4) is 5.69 Å². The second-order valence-electron chi connectivity index (χ2n) is 8.39. The van der Waals surface area contributed by atoms with Crippen molar-refractivity contribution in [2.24, 2.45) is 0 Å². The minimum Gasteiger partial charge on any atom is -0.322 e. The molecule has 29 heavy (non-hydrogen) atoms. The normalized spacial score (nSPS) is 17.1. The number of amides is 2. The quantitative estimate of drug-likeness (QED) is 0.693. The predicted molar refractivity (Wildman–Crippen MR) is 108 cm³/mol. The maximum Gasteiger partial charge on any atom is 0.321 e. The third-order valence-electron chi connectivity index (χ3n) is 5.09. The van der Waals surface area contributed by atoms with Crippen molar-refractivity contribution in [3.05, 3.63) is 48.0 Å². The number of pyridine rings is 1. The molecule has 0 aliphatic carbocycles. The van der Waals surface area contributed by atoms with E-state index in [0.29, 0.717) is 24.3 Å². The van der Waals surface area contributed by atoms with E-state index in [9.17, 15) is 13.6 Å². The molecule has 0 unspecified atom stereocenters. The van der Waals surface area contributed by atoms with Gasteiger partial charge in [0.15, 0.2) is 5.65 Å². The van der Waals surface area contributed by atoms with E-state index in [2.05, 4.69) is 36.2 Å². The molecule has 8 heteroatoms. The first-order valence-corrected chi connectivity index (χ1v) is 9.56. The van der Waals surface area contributed by atoms with Crippen LogP contribution in [0.2, 0.25) is 0 Å². The van der Waals surface area contributed by atoms with Crippen molar-refractivity contribution in [1.82, 2.24) is 19.7 Å². The Morgan fingerprint density at radius 2 is 2.07 bits per heavy atom. The summed E-state index contributed by atoms with van der Waals surface area (Å²) < 4.78 is 29.2. The van der Waals surface area contributed by atoms with Crippen LogP contribution < -0.4 is 5.32 Å². The lowest BCUT2D eigenvalue weighted by Crippen LogP contribution is -2.33. The van der Waals surface area contributed by atoms with Gasteiger partial charge in [0.1, 0.15) is 17.7 Å². The molecular weight excluding hydrogens is 376 g/mol. The Balaban J connectivity index is 1.63. The Kier molecular flexibility index (Phi) is 4.72. The lowest BCUT2D eigenvalue weighted by atomic mass is 9.88. The van der Waals surface area contributed by atoms with Gasteiger partial charge in [-0.05, 0) is 41.7 Å². The number of anilines is 1. The SMILES string of the molecule is CC(C)(C)c1cnc2nn(-c3cc(NC(=O)N4CC[C@@H](F)C4)ccc3F)cc2c1. The number of rotatable bonds is 2. The van der Waals surface area contributed by atoms with E-state index in [1.807, 2.05) is 6.07 Å². The van der Waals surface area contributed by atoms with Gasteiger partial charge in [-0.2, -0.15) is 0 Å². The lowest BCUT2D eigenvalue weighted by molar-refractivity contribution is 0.218. The number of hydrogen-bond acceptors (Lipinski definition) is 3. The van der Waals surface area contributed by atoms with Gasteiger partial charge in [0, 0.05) is 30.0 Å². The molecule has 3 aromatic rings. The summed E-state index contributed by atoms with van der Waals surface area (Å²) in [6, 6.07) is 5.85. The number of hydrogen-bond donors (Lipinski definition) is 1. The number of carbonyl (C=O) groups excluding carboxylic acids is 1. The van der Waals surface area contributed by atoms with E-state index in [0.717, 1.165) is 10.9 Å². The summed E-state index contributed by atoms with van der Waals surface area (Å²) in [4.78, 5) is 18.1. The highest BCUT2D eigenvalue weighted by atomic mass is 19.1. The first kappa shape index (κ1) is 19.3. The Bertz CT molecular complexity index is 1070. The van der Waals surface area contributed by atoms with Crippen molar-refractivity contribution in [3.63, 3.8) is 0 Å². The number of fused-ring (bicyclic) bond motifs is 1. The standard InChI is InChI=1S/C21H23F2N5O/c1-21(2,3)14-8-13-11-28(26-19(13)24-10-14)18-9-16(4-5-17(18)23)25-20(29)27-7-6-15(22)12-27/h4-5,8-11,15H,6-7,12H2,1-3H3,(H,25,29)/t15-/m1/s1. The van der Waals surface area contributed by atoms with E-state index in [4.69, 9.17) is 0 Å². The van der Waals surface area contributed by atoms with Crippen molar-refractivity contribution in [2.75, 3.05) is 18.4 Å². The summed E-state index contributed by atoms with van der Waals surface area (Å²) in [5.41, 5.74) is 2.12. The minimum absolute atomic E-state index is 0.0626. The fraction of sp³-hybridized carbons (Fsp3) is 0.381. The topological polar surface area (TPSA) is 63.1 Å². The molecule has 0 spiro atoms. The zero-order chi connectivity index (χ0) is 20.8. The molecule has 1 aliphatic heterocycles. The zero-order valence-corrected chi connectivity index (χ0v) is 16.6. The van der Waals surface area contributed by atoms with Crippen molar-refractivity contribution in [1.29, 1.82) is 0 Å². The molecule has 0 bridgehead atoms. The Labute approximate surface area is 167 Å². The molecule has 1 aliphatic rings. The number of aromatic nitrogens is 3. The van der Waals surface area contributed by atoms with Crippen LogP contribution in [-0.2, 0) is 5.41 Å². The number of likely N-dealkylation sites (tertiary alicyclic amines) is 1. The summed E-state index contributed by atoms with van der Waals surface area (Å²) in [6.45, 7) is 6.73. The average Bonchev–Trinajstić information content (AvgIpc) is 3.28. The number of urea groups is 1. The summed E-state index contributed by atoms with van der Waals surface area (Å²) in [5.74, 6) is -0.475. The molecule has 2 amide bonds. The van der Waals surface area contributed by atoms with Gasteiger partial charge in [0.05, 0.1) is 6.54 Å². The maximum atomic E-state index is 14.5. The Hall–Kier alpha value is -3.03. The Morgan fingerprint density at radius 3 is 2.76 bits per heavy atom. The number of alkyl halides is 1. The van der Waals surface area contributed by atoms with Crippen LogP contribution in [0, 0.1) is 5.82 Å². The molecule has 1 aromatic carbocycles. The van der Waals surface area contributed by atoms with Crippen LogP contribution in [-0.4, -0.2) is 45.0 Å². The summed E-state index contributed by atoms with van der Waals surface area (Å²) in [7, 11) is 0. The van der Waals surface area contributed by atoms with Crippen molar-refractivity contribution < 1.29 is 13.6 Å². The molecule has 3 heterocycles. The molecular formula is C21H23F2N5O. The molecule has 6 nitrogen and oxygen atoms in total. The van der Waals surface area contributed by atoms with Gasteiger partial charge in [-0.15, -0.1) is 5.10 Å². The third-order valence-corrected chi connectivity index (χ3v) is 5.09. The number of nitrogens with one attached hydrogen (secondary N) is 1. The average molecular weight is 399 g/mol. The van der Waals surface area contributed by atoms with Crippen LogP contribution >= 0.6 is 0 Å². The molecule has 0 saturated carbocycles. The predicted octanol–water partition coefficient (Wildman–Crippen LogP) is 4.43. The molecule has 1 N–H and O–H groups in total. The molecule has 1 fully saturated rings. The molecule has 1 saturated heterocycles. The van der Waals surface area contributed by atoms with Gasteiger partial charge in [-0.3, -0.25) is 0 Å². The second-order valence-corrected chi connectivity index (χ2v) is 8.39. The maximum absolute atomic E-state index is 14.5. The fourth-order valence-electron chi connectivity index (χ4n) is 3.32. The minimum atomic E-state index is -0.994. The molecule has 1 atom stereocenters. The van der Waals surface area contributed by atoms with Gasteiger partial charge in [0.2, 0.25) is 0 Å².